The highest BCUT2D eigenvalue weighted by Crippen LogP contribution is 2.22. The average molecular weight is 374 g/mol. The first-order valence-electron chi connectivity index (χ1n) is 8.80. The molecule has 2 unspecified atom stereocenters. The molecular formula is C18H34N2O6. The van der Waals surface area contributed by atoms with E-state index in [0.29, 0.717) is 19.5 Å². The molecule has 152 valence electrons. The highest BCUT2D eigenvalue weighted by molar-refractivity contribution is 5.80. The molecule has 0 radical (unpaired) electrons. The first-order chi connectivity index (χ1) is 11.6. The van der Waals surface area contributed by atoms with Crippen LogP contribution in [0, 0.1) is 0 Å². The van der Waals surface area contributed by atoms with Crippen molar-refractivity contribution in [2.24, 2.45) is 0 Å². The molecule has 0 amide bonds. The number of rotatable bonds is 10. The number of hydrogen-bond donors (Lipinski definition) is 3. The van der Waals surface area contributed by atoms with Gasteiger partial charge in [-0.15, -0.1) is 0 Å². The summed E-state index contributed by atoms with van der Waals surface area (Å²) in [4.78, 5) is 37.5. The lowest BCUT2D eigenvalue weighted by molar-refractivity contribution is -0.152. The number of carbonyl (C=O) groups is 3. The van der Waals surface area contributed by atoms with E-state index in [0.717, 1.165) is 0 Å². The third kappa shape index (κ3) is 7.70. The topological polar surface area (TPSA) is 118 Å². The van der Waals surface area contributed by atoms with Crippen LogP contribution in [0.3, 0.4) is 0 Å². The van der Waals surface area contributed by atoms with Gasteiger partial charge in [0.15, 0.2) is 0 Å². The molecule has 8 nitrogen and oxygen atoms in total. The van der Waals surface area contributed by atoms with Crippen molar-refractivity contribution in [1.82, 2.24) is 9.80 Å². The van der Waals surface area contributed by atoms with E-state index in [1.165, 1.54) is 0 Å². The summed E-state index contributed by atoms with van der Waals surface area (Å²) < 4.78 is 0. The Morgan fingerprint density at radius 1 is 0.808 bits per heavy atom. The lowest BCUT2D eigenvalue weighted by Gasteiger charge is -2.42. The Hall–Kier alpha value is -1.67. The van der Waals surface area contributed by atoms with E-state index in [1.807, 2.05) is 46.4 Å². The number of aliphatic carboxylic acids is 3. The fraction of sp³-hybridized carbons (Fsp3) is 0.833. The van der Waals surface area contributed by atoms with Crippen LogP contribution in [0.2, 0.25) is 0 Å². The van der Waals surface area contributed by atoms with Gasteiger partial charge in [-0.2, -0.15) is 0 Å². The Balaban J connectivity index is 5.29. The molecule has 0 spiro atoms. The molecule has 0 aromatic rings. The van der Waals surface area contributed by atoms with Gasteiger partial charge in [-0.1, -0.05) is 0 Å². The maximum atomic E-state index is 11.6. The van der Waals surface area contributed by atoms with Crippen molar-refractivity contribution in [2.45, 2.75) is 84.5 Å². The highest BCUT2D eigenvalue weighted by Gasteiger charge is 2.36. The number of hydrogen-bond acceptors (Lipinski definition) is 5. The Morgan fingerprint density at radius 3 is 1.54 bits per heavy atom. The van der Waals surface area contributed by atoms with Crippen molar-refractivity contribution >= 4 is 17.9 Å². The molecule has 0 rings (SSSR count). The molecule has 3 N–H and O–H groups in total. The van der Waals surface area contributed by atoms with Crippen LogP contribution in [0.25, 0.3) is 0 Å². The molecule has 0 heterocycles. The first-order valence-corrected chi connectivity index (χ1v) is 8.80. The normalized spacial score (nSPS) is 15.1. The summed E-state index contributed by atoms with van der Waals surface area (Å²) >= 11 is 0. The summed E-state index contributed by atoms with van der Waals surface area (Å²) in [6.07, 6.45) is 0.0384. The molecule has 0 bridgehead atoms. The van der Waals surface area contributed by atoms with Gasteiger partial charge in [0.1, 0.15) is 12.1 Å². The molecular weight excluding hydrogens is 340 g/mol. The van der Waals surface area contributed by atoms with Crippen molar-refractivity contribution in [3.05, 3.63) is 0 Å². The summed E-state index contributed by atoms with van der Waals surface area (Å²) in [7, 11) is 0. The lowest BCUT2D eigenvalue weighted by Crippen LogP contribution is -2.54. The van der Waals surface area contributed by atoms with E-state index < -0.39 is 42.0 Å². The van der Waals surface area contributed by atoms with Gasteiger partial charge in [0.25, 0.3) is 0 Å². The van der Waals surface area contributed by atoms with Crippen molar-refractivity contribution in [3.8, 4) is 0 Å². The Kier molecular flexibility index (Phi) is 8.72. The maximum Gasteiger partial charge on any atom is 0.321 e. The van der Waals surface area contributed by atoms with Gasteiger partial charge in [-0.25, -0.2) is 0 Å². The van der Waals surface area contributed by atoms with Crippen molar-refractivity contribution in [1.29, 1.82) is 0 Å². The van der Waals surface area contributed by atoms with Crippen LogP contribution < -0.4 is 0 Å². The first kappa shape index (κ1) is 24.3. The molecule has 0 fully saturated rings. The molecule has 0 aromatic carbocycles. The molecule has 8 heteroatoms. The lowest BCUT2D eigenvalue weighted by atomic mass is 9.99. The second kappa shape index (κ2) is 9.32. The minimum absolute atomic E-state index is 0.354. The molecule has 0 aliphatic rings. The minimum atomic E-state index is -1.17. The monoisotopic (exact) mass is 374 g/mol. The van der Waals surface area contributed by atoms with Crippen LogP contribution in [0.15, 0.2) is 0 Å². The van der Waals surface area contributed by atoms with Crippen LogP contribution in [0.5, 0.6) is 0 Å². The molecule has 0 saturated heterocycles. The quantitative estimate of drug-likeness (QED) is 0.531. The molecule has 26 heavy (non-hydrogen) atoms. The Morgan fingerprint density at radius 2 is 1.23 bits per heavy atom. The molecule has 0 aliphatic heterocycles. The second-order valence-corrected chi connectivity index (χ2v) is 8.55. The smallest absolute Gasteiger partial charge is 0.321 e. The summed E-state index contributed by atoms with van der Waals surface area (Å²) in [6.45, 7) is 13.7. The largest absolute Gasteiger partial charge is 0.481 e. The zero-order valence-electron chi connectivity index (χ0n) is 16.9. The average Bonchev–Trinajstić information content (AvgIpc) is 2.41. The summed E-state index contributed by atoms with van der Waals surface area (Å²) in [6, 6.07) is -1.81. The van der Waals surface area contributed by atoms with Crippen molar-refractivity contribution in [2.75, 3.05) is 13.1 Å². The fourth-order valence-corrected chi connectivity index (χ4v) is 3.11. The highest BCUT2D eigenvalue weighted by atomic mass is 16.4. The zero-order valence-corrected chi connectivity index (χ0v) is 16.9. The Labute approximate surface area is 155 Å². The van der Waals surface area contributed by atoms with E-state index in [9.17, 15) is 24.6 Å². The van der Waals surface area contributed by atoms with E-state index in [4.69, 9.17) is 5.11 Å². The van der Waals surface area contributed by atoms with Crippen LogP contribution in [0.1, 0.15) is 61.3 Å². The van der Waals surface area contributed by atoms with E-state index >= 15 is 0 Å². The van der Waals surface area contributed by atoms with E-state index in [-0.39, 0.29) is 5.54 Å². The van der Waals surface area contributed by atoms with Gasteiger partial charge in [-0.05, 0) is 54.9 Å². The fourth-order valence-electron chi connectivity index (χ4n) is 3.11. The molecule has 0 aromatic heterocycles. The van der Waals surface area contributed by atoms with Gasteiger partial charge >= 0.3 is 17.9 Å². The summed E-state index contributed by atoms with van der Waals surface area (Å²) in [5.41, 5.74) is -0.902. The van der Waals surface area contributed by atoms with E-state index in [2.05, 4.69) is 0 Å². The van der Waals surface area contributed by atoms with Crippen LogP contribution >= 0.6 is 0 Å². The van der Waals surface area contributed by atoms with Gasteiger partial charge in [-0.3, -0.25) is 24.2 Å². The van der Waals surface area contributed by atoms with Gasteiger partial charge in [0, 0.05) is 24.2 Å². The third-order valence-electron chi connectivity index (χ3n) is 4.38. The number of carboxylic acid groups (broad SMARTS) is 3. The van der Waals surface area contributed by atoms with Crippen LogP contribution in [0.4, 0.5) is 0 Å². The maximum absolute atomic E-state index is 11.6. The van der Waals surface area contributed by atoms with Crippen molar-refractivity contribution < 1.29 is 29.7 Å². The minimum Gasteiger partial charge on any atom is -0.481 e. The Bertz CT molecular complexity index is 507. The predicted octanol–water partition coefficient (Wildman–Crippen LogP) is 1.98. The van der Waals surface area contributed by atoms with E-state index in [1.54, 1.807) is 11.8 Å². The predicted molar refractivity (Wildman–Crippen MR) is 98.3 cm³/mol. The van der Waals surface area contributed by atoms with Crippen LogP contribution in [-0.4, -0.2) is 79.3 Å². The van der Waals surface area contributed by atoms with Crippen LogP contribution in [-0.2, 0) is 14.4 Å². The third-order valence-corrected chi connectivity index (χ3v) is 4.38. The molecule has 0 aliphatic carbocycles. The second-order valence-electron chi connectivity index (χ2n) is 8.55. The SMILES string of the molecule is CC(C(=O)O)N(CCCN(C(CC(=O)O)C(=O)O)C(C)(C)C)C(C)(C)C. The van der Waals surface area contributed by atoms with Gasteiger partial charge in [0.05, 0.1) is 6.42 Å². The summed E-state index contributed by atoms with van der Waals surface area (Å²) in [5, 5.41) is 27.8. The summed E-state index contributed by atoms with van der Waals surface area (Å²) in [5.74, 6) is -3.25. The zero-order chi connectivity index (χ0) is 20.9. The molecule has 2 atom stereocenters. The molecule has 0 saturated carbocycles. The standard InChI is InChI=1S/C18H34N2O6/c1-12(15(23)24)19(17(2,3)4)9-8-10-20(18(5,6)7)13(16(25)26)11-14(21)22/h12-13H,8-11H2,1-7H3,(H,21,22)(H,23,24)(H,25,26). The van der Waals surface area contributed by atoms with Gasteiger partial charge < -0.3 is 15.3 Å². The number of nitrogens with zero attached hydrogens (tertiary/aromatic N) is 2. The number of carboxylic acids is 3. The van der Waals surface area contributed by atoms with Crippen molar-refractivity contribution in [3.63, 3.8) is 0 Å². The van der Waals surface area contributed by atoms with Gasteiger partial charge in [0.2, 0.25) is 0 Å².